The number of pyridine rings is 1. The number of nitrogens with one attached hydrogen (secondary N) is 1. The van der Waals surface area contributed by atoms with Gasteiger partial charge in [-0.1, -0.05) is 12.1 Å². The van der Waals surface area contributed by atoms with Crippen LogP contribution in [0.15, 0.2) is 73.2 Å². The predicted molar refractivity (Wildman–Crippen MR) is 118 cm³/mol. The highest BCUT2D eigenvalue weighted by molar-refractivity contribution is 6.10. The van der Waals surface area contributed by atoms with Gasteiger partial charge in [0.15, 0.2) is 5.65 Å². The molecule has 0 saturated heterocycles. The third-order valence-corrected chi connectivity index (χ3v) is 5.42. The largest absolute Gasteiger partial charge is 0.348 e. The lowest BCUT2D eigenvalue weighted by atomic mass is 10.1. The molecule has 0 aliphatic heterocycles. The van der Waals surface area contributed by atoms with Crippen molar-refractivity contribution in [3.05, 3.63) is 89.9 Å². The van der Waals surface area contributed by atoms with Gasteiger partial charge in [0.1, 0.15) is 0 Å². The first-order chi connectivity index (χ1) is 15.5. The van der Waals surface area contributed by atoms with Crippen molar-refractivity contribution in [2.45, 2.75) is 13.0 Å². The molecule has 0 atom stereocenters. The minimum Gasteiger partial charge on any atom is -0.348 e. The van der Waals surface area contributed by atoms with E-state index in [2.05, 4.69) is 15.4 Å². The van der Waals surface area contributed by atoms with Crippen LogP contribution in [0.25, 0.3) is 27.6 Å². The zero-order valence-electron chi connectivity index (χ0n) is 17.2. The van der Waals surface area contributed by atoms with Gasteiger partial charge < -0.3 is 5.32 Å². The van der Waals surface area contributed by atoms with Crippen molar-refractivity contribution in [1.82, 2.24) is 24.6 Å². The molecule has 2 aromatic carbocycles. The van der Waals surface area contributed by atoms with E-state index in [0.29, 0.717) is 17.8 Å². The number of aryl methyl sites for hydroxylation is 1. The van der Waals surface area contributed by atoms with Gasteiger partial charge in [-0.3, -0.25) is 19.0 Å². The fourth-order valence-electron chi connectivity index (χ4n) is 3.85. The van der Waals surface area contributed by atoms with Crippen LogP contribution in [0.5, 0.6) is 0 Å². The second-order valence-electron chi connectivity index (χ2n) is 7.54. The van der Waals surface area contributed by atoms with Crippen LogP contribution in [0.1, 0.15) is 27.9 Å². The number of alkyl halides is 2. The fourth-order valence-corrected chi connectivity index (χ4v) is 3.85. The highest BCUT2D eigenvalue weighted by Crippen LogP contribution is 2.32. The van der Waals surface area contributed by atoms with Crippen LogP contribution in [0.3, 0.4) is 0 Å². The Morgan fingerprint density at radius 2 is 1.78 bits per heavy atom. The van der Waals surface area contributed by atoms with Crippen molar-refractivity contribution in [2.24, 2.45) is 7.05 Å². The summed E-state index contributed by atoms with van der Waals surface area (Å²) in [4.78, 5) is 16.7. The van der Waals surface area contributed by atoms with Crippen molar-refractivity contribution < 1.29 is 13.6 Å². The molecule has 5 rings (SSSR count). The molecule has 160 valence electrons. The molecule has 3 aromatic heterocycles. The lowest BCUT2D eigenvalue weighted by Gasteiger charge is -2.09. The topological polar surface area (TPSA) is 64.7 Å². The van der Waals surface area contributed by atoms with E-state index in [-0.39, 0.29) is 11.5 Å². The van der Waals surface area contributed by atoms with Crippen molar-refractivity contribution in [1.29, 1.82) is 0 Å². The summed E-state index contributed by atoms with van der Waals surface area (Å²) < 4.78 is 29.6. The number of carbonyl (C=O) groups excluding carboxylic acids is 1. The summed E-state index contributed by atoms with van der Waals surface area (Å²) in [6.07, 6.45) is 2.74. The number of carbonyl (C=O) groups is 1. The van der Waals surface area contributed by atoms with E-state index in [1.54, 1.807) is 35.3 Å². The number of nitrogens with zero attached hydrogens (tertiary/aromatic N) is 4. The summed E-state index contributed by atoms with van der Waals surface area (Å²) >= 11 is 0. The average Bonchev–Trinajstić information content (AvgIpc) is 3.32. The first kappa shape index (κ1) is 19.9. The van der Waals surface area contributed by atoms with Crippen molar-refractivity contribution in [3.8, 4) is 5.69 Å². The number of amides is 1. The summed E-state index contributed by atoms with van der Waals surface area (Å²) in [5.74, 6) is -0.185. The van der Waals surface area contributed by atoms with Crippen LogP contribution in [0.2, 0.25) is 0 Å². The second kappa shape index (κ2) is 7.88. The fraction of sp³-hybridized carbons (Fsp3) is 0.125. The standard InChI is InChI=1S/C24H19F2N5O/c1-30-14-20-19-12-17(24(32)28-13-15-8-10-27-11-9-15)4-7-21(19)31(23(20)29-30)18-5-2-16(3-6-18)22(25)26/h2-12,14,22H,13H2,1H3,(H,28,32). The molecule has 0 spiro atoms. The Morgan fingerprint density at radius 1 is 1.03 bits per heavy atom. The third-order valence-electron chi connectivity index (χ3n) is 5.42. The summed E-state index contributed by atoms with van der Waals surface area (Å²) in [6, 6.07) is 15.3. The van der Waals surface area contributed by atoms with E-state index in [0.717, 1.165) is 27.5 Å². The van der Waals surface area contributed by atoms with Gasteiger partial charge in [-0.15, -0.1) is 0 Å². The van der Waals surface area contributed by atoms with E-state index in [1.165, 1.54) is 12.1 Å². The molecule has 0 aliphatic carbocycles. The Morgan fingerprint density at radius 3 is 2.50 bits per heavy atom. The molecule has 0 radical (unpaired) electrons. The zero-order chi connectivity index (χ0) is 22.2. The molecule has 8 heteroatoms. The lowest BCUT2D eigenvalue weighted by molar-refractivity contribution is 0.0951. The quantitative estimate of drug-likeness (QED) is 0.436. The lowest BCUT2D eigenvalue weighted by Crippen LogP contribution is -2.22. The van der Waals surface area contributed by atoms with Crippen LogP contribution in [0, 0.1) is 0 Å². The Labute approximate surface area is 182 Å². The maximum atomic E-state index is 13.0. The van der Waals surface area contributed by atoms with E-state index >= 15 is 0 Å². The molecule has 0 bridgehead atoms. The summed E-state index contributed by atoms with van der Waals surface area (Å²) in [6.45, 7) is 0.402. The Balaban J connectivity index is 1.55. The number of halogens is 2. The number of hydrogen-bond acceptors (Lipinski definition) is 3. The molecule has 0 aliphatic rings. The van der Waals surface area contributed by atoms with Crippen molar-refractivity contribution in [2.75, 3.05) is 0 Å². The van der Waals surface area contributed by atoms with Crippen LogP contribution >= 0.6 is 0 Å². The molecule has 0 saturated carbocycles. The van der Waals surface area contributed by atoms with Crippen molar-refractivity contribution >= 4 is 27.8 Å². The van der Waals surface area contributed by atoms with Gasteiger partial charge in [-0.2, -0.15) is 5.10 Å². The zero-order valence-corrected chi connectivity index (χ0v) is 17.2. The Hall–Kier alpha value is -4.07. The van der Waals surface area contributed by atoms with Crippen LogP contribution in [-0.4, -0.2) is 25.2 Å². The molecular weight excluding hydrogens is 412 g/mol. The monoisotopic (exact) mass is 431 g/mol. The normalized spacial score (nSPS) is 11.5. The molecule has 6 nitrogen and oxygen atoms in total. The number of fused-ring (bicyclic) bond motifs is 3. The highest BCUT2D eigenvalue weighted by Gasteiger charge is 2.18. The van der Waals surface area contributed by atoms with Crippen LogP contribution < -0.4 is 5.32 Å². The molecule has 1 N–H and O–H groups in total. The molecule has 0 fully saturated rings. The Kier molecular flexibility index (Phi) is 4.89. The van der Waals surface area contributed by atoms with Crippen molar-refractivity contribution in [3.63, 3.8) is 0 Å². The molecule has 3 heterocycles. The van der Waals surface area contributed by atoms with E-state index in [4.69, 9.17) is 0 Å². The van der Waals surface area contributed by atoms with Gasteiger partial charge in [0, 0.05) is 59.8 Å². The molecule has 32 heavy (non-hydrogen) atoms. The molecular formula is C24H19F2N5O. The van der Waals surface area contributed by atoms with Gasteiger partial charge >= 0.3 is 0 Å². The third kappa shape index (κ3) is 3.49. The smallest absolute Gasteiger partial charge is 0.263 e. The molecule has 1 amide bonds. The number of benzene rings is 2. The maximum absolute atomic E-state index is 13.0. The first-order valence-corrected chi connectivity index (χ1v) is 10.0. The SMILES string of the molecule is Cn1cc2c3cc(C(=O)NCc4ccncc4)ccc3n(-c3ccc(C(F)F)cc3)c2n1. The van der Waals surface area contributed by atoms with Crippen LogP contribution in [0.4, 0.5) is 8.78 Å². The van der Waals surface area contributed by atoms with E-state index in [1.807, 2.05) is 42.1 Å². The van der Waals surface area contributed by atoms with E-state index in [9.17, 15) is 13.6 Å². The summed E-state index contributed by atoms with van der Waals surface area (Å²) in [5.41, 5.74) is 3.73. The molecule has 0 unspecified atom stereocenters. The molecule has 5 aromatic rings. The van der Waals surface area contributed by atoms with Gasteiger partial charge in [-0.05, 0) is 48.0 Å². The van der Waals surface area contributed by atoms with E-state index < -0.39 is 6.43 Å². The maximum Gasteiger partial charge on any atom is 0.263 e. The van der Waals surface area contributed by atoms with Gasteiger partial charge in [0.2, 0.25) is 0 Å². The van der Waals surface area contributed by atoms with Gasteiger partial charge in [0.25, 0.3) is 12.3 Å². The van der Waals surface area contributed by atoms with Gasteiger partial charge in [-0.25, -0.2) is 8.78 Å². The van der Waals surface area contributed by atoms with Crippen LogP contribution in [-0.2, 0) is 13.6 Å². The minimum atomic E-state index is -2.52. The minimum absolute atomic E-state index is 0.0318. The Bertz CT molecular complexity index is 1420. The summed E-state index contributed by atoms with van der Waals surface area (Å²) in [5, 5.41) is 9.23. The number of aromatic nitrogens is 4. The number of hydrogen-bond donors (Lipinski definition) is 1. The second-order valence-corrected chi connectivity index (χ2v) is 7.54. The van der Waals surface area contributed by atoms with Gasteiger partial charge in [0.05, 0.1) is 5.52 Å². The first-order valence-electron chi connectivity index (χ1n) is 10.0. The number of rotatable bonds is 5. The highest BCUT2D eigenvalue weighted by atomic mass is 19.3. The summed E-state index contributed by atoms with van der Waals surface area (Å²) in [7, 11) is 1.82. The average molecular weight is 431 g/mol. The predicted octanol–water partition coefficient (Wildman–Crippen LogP) is 4.78.